The minimum absolute atomic E-state index is 0.000986. The van der Waals surface area contributed by atoms with Crippen molar-refractivity contribution in [1.82, 2.24) is 10.2 Å². The van der Waals surface area contributed by atoms with Crippen molar-refractivity contribution in [3.63, 3.8) is 0 Å². The summed E-state index contributed by atoms with van der Waals surface area (Å²) >= 11 is 0.815. The summed E-state index contributed by atoms with van der Waals surface area (Å²) in [6, 6.07) is 3.12. The number of sulfonamides is 1. The van der Waals surface area contributed by atoms with Crippen LogP contribution in [0.1, 0.15) is 54.9 Å². The normalized spacial score (nSPS) is 14.2. The van der Waals surface area contributed by atoms with Crippen LogP contribution in [-0.2, 0) is 21.2 Å². The van der Waals surface area contributed by atoms with Crippen LogP contribution in [0, 0.1) is 0 Å². The lowest BCUT2D eigenvalue weighted by atomic mass is 9.99. The molecule has 0 unspecified atom stereocenters. The van der Waals surface area contributed by atoms with Crippen LogP contribution in [0.25, 0.3) is 0 Å². The number of aryl methyl sites for hydroxylation is 1. The lowest BCUT2D eigenvalue weighted by Crippen LogP contribution is -2.31. The number of aromatic nitrogens is 2. The molecule has 0 fully saturated rings. The van der Waals surface area contributed by atoms with Gasteiger partial charge in [0.15, 0.2) is 5.75 Å². The Hall–Kier alpha value is -2.81. The van der Waals surface area contributed by atoms with E-state index in [0.717, 1.165) is 61.4 Å². The lowest BCUT2D eigenvalue weighted by molar-refractivity contribution is -0.106. The van der Waals surface area contributed by atoms with Crippen molar-refractivity contribution in [3.8, 4) is 0 Å². The van der Waals surface area contributed by atoms with E-state index in [4.69, 9.17) is 4.74 Å². The van der Waals surface area contributed by atoms with E-state index in [9.17, 15) is 26.4 Å². The molecule has 0 aliphatic carbocycles. The van der Waals surface area contributed by atoms with Gasteiger partial charge in [-0.2, -0.15) is 13.2 Å². The van der Waals surface area contributed by atoms with Gasteiger partial charge in [0.05, 0.1) is 12.3 Å². The van der Waals surface area contributed by atoms with Gasteiger partial charge < -0.3 is 9.64 Å². The molecule has 0 saturated carbocycles. The predicted molar refractivity (Wildman–Crippen MR) is 130 cm³/mol. The Labute approximate surface area is 211 Å². The van der Waals surface area contributed by atoms with Crippen molar-refractivity contribution in [3.05, 3.63) is 22.7 Å². The van der Waals surface area contributed by atoms with E-state index in [1.54, 1.807) is 13.0 Å². The minimum atomic E-state index is -4.91. The van der Waals surface area contributed by atoms with Crippen LogP contribution in [0.2, 0.25) is 0 Å². The summed E-state index contributed by atoms with van der Waals surface area (Å²) in [5.74, 6) is -2.71. The molecule has 1 aromatic heterocycles. The Morgan fingerprint density at radius 3 is 2.69 bits per heavy atom. The molecule has 1 aliphatic heterocycles. The standard InChI is InChI=1S/C21H27F3N6O4S2/c1-3-5-6-9-30-10-7-8-14-11-15(25-27-20-28-26-18(35-20)19(31)34-4-2)16(12-17(14)30)29-36(32,33)13-21(22,23)24/h11-12,29H,3-10,13H2,1-2H3. The third-order valence-electron chi connectivity index (χ3n) is 5.17. The molecular weight excluding hydrogens is 521 g/mol. The number of carbonyl (C=O) groups is 1. The molecule has 10 nitrogen and oxygen atoms in total. The zero-order valence-corrected chi connectivity index (χ0v) is 21.5. The summed E-state index contributed by atoms with van der Waals surface area (Å²) < 4.78 is 69.9. The number of carbonyl (C=O) groups excluding carboxylic acids is 1. The Bertz CT molecular complexity index is 1200. The fraction of sp³-hybridized carbons (Fsp3) is 0.571. The fourth-order valence-electron chi connectivity index (χ4n) is 3.69. The molecule has 2 aromatic rings. The van der Waals surface area contributed by atoms with Gasteiger partial charge in [0, 0.05) is 18.8 Å². The highest BCUT2D eigenvalue weighted by molar-refractivity contribution is 7.92. The van der Waals surface area contributed by atoms with Crippen LogP contribution in [0.15, 0.2) is 22.4 Å². The first kappa shape index (κ1) is 27.8. The summed E-state index contributed by atoms with van der Waals surface area (Å²) in [7, 11) is -4.76. The summed E-state index contributed by atoms with van der Waals surface area (Å²) in [4.78, 5) is 13.9. The molecular formula is C21H27F3N6O4S2. The number of benzene rings is 1. The van der Waals surface area contributed by atoms with E-state index >= 15 is 0 Å². The van der Waals surface area contributed by atoms with Crippen LogP contribution >= 0.6 is 11.3 Å². The molecule has 0 radical (unpaired) electrons. The van der Waals surface area contributed by atoms with E-state index in [0.29, 0.717) is 6.42 Å². The van der Waals surface area contributed by atoms with Gasteiger partial charge in [-0.1, -0.05) is 31.1 Å². The Kier molecular flexibility index (Phi) is 9.22. The molecule has 15 heteroatoms. The van der Waals surface area contributed by atoms with Crippen LogP contribution < -0.4 is 9.62 Å². The van der Waals surface area contributed by atoms with E-state index in [2.05, 4.69) is 32.2 Å². The second kappa shape index (κ2) is 12.0. The van der Waals surface area contributed by atoms with Crippen LogP contribution in [0.5, 0.6) is 0 Å². The van der Waals surface area contributed by atoms with Crippen LogP contribution in [0.3, 0.4) is 0 Å². The quantitative estimate of drug-likeness (QED) is 0.227. The van der Waals surface area contributed by atoms with Gasteiger partial charge >= 0.3 is 12.1 Å². The molecule has 0 amide bonds. The van der Waals surface area contributed by atoms with Crippen LogP contribution in [-0.4, -0.2) is 56.2 Å². The number of hydrogen-bond donors (Lipinski definition) is 1. The Morgan fingerprint density at radius 1 is 1.22 bits per heavy atom. The number of nitrogens with zero attached hydrogens (tertiary/aromatic N) is 5. The molecule has 0 bridgehead atoms. The topological polar surface area (TPSA) is 126 Å². The number of nitrogens with one attached hydrogen (secondary N) is 1. The molecule has 3 rings (SSSR count). The van der Waals surface area contributed by atoms with E-state index in [-0.39, 0.29) is 28.1 Å². The zero-order valence-electron chi connectivity index (χ0n) is 19.8. The first-order chi connectivity index (χ1) is 17.0. The smallest absolute Gasteiger partial charge is 0.404 e. The average molecular weight is 549 g/mol. The van der Waals surface area contributed by atoms with Gasteiger partial charge in [-0.05, 0) is 43.9 Å². The summed E-state index contributed by atoms with van der Waals surface area (Å²) in [5.41, 5.74) is 1.54. The first-order valence-electron chi connectivity index (χ1n) is 11.4. The number of fused-ring (bicyclic) bond motifs is 1. The van der Waals surface area contributed by atoms with Crippen molar-refractivity contribution in [2.45, 2.75) is 52.1 Å². The molecule has 2 heterocycles. The third kappa shape index (κ3) is 7.85. The molecule has 1 aliphatic rings. The van der Waals surface area contributed by atoms with Gasteiger partial charge in [-0.15, -0.1) is 20.4 Å². The van der Waals surface area contributed by atoms with Crippen molar-refractivity contribution in [2.24, 2.45) is 10.2 Å². The number of anilines is 2. The van der Waals surface area contributed by atoms with Crippen molar-refractivity contribution >= 4 is 49.5 Å². The highest BCUT2D eigenvalue weighted by atomic mass is 32.2. The SMILES string of the molecule is CCCCCN1CCCc2cc(N=Nc3nnc(C(=O)OCC)s3)c(NS(=O)(=O)CC(F)(F)F)cc21. The number of unbranched alkanes of at least 4 members (excludes halogenated alkanes) is 2. The highest BCUT2D eigenvalue weighted by Crippen LogP contribution is 2.39. The number of ether oxygens (including phenoxy) is 1. The molecule has 1 aromatic carbocycles. The Balaban J connectivity index is 1.96. The average Bonchev–Trinajstić information content (AvgIpc) is 3.25. The monoisotopic (exact) mass is 548 g/mol. The number of esters is 1. The first-order valence-corrected chi connectivity index (χ1v) is 13.9. The molecule has 36 heavy (non-hydrogen) atoms. The van der Waals surface area contributed by atoms with Gasteiger partial charge in [0.2, 0.25) is 15.0 Å². The second-order valence-electron chi connectivity index (χ2n) is 8.08. The minimum Gasteiger partial charge on any atom is -0.461 e. The maximum absolute atomic E-state index is 12.8. The van der Waals surface area contributed by atoms with Gasteiger partial charge in [-0.3, -0.25) is 4.72 Å². The summed E-state index contributed by atoms with van der Waals surface area (Å²) in [6.07, 6.45) is -0.348. The predicted octanol–water partition coefficient (Wildman–Crippen LogP) is 5.38. The van der Waals surface area contributed by atoms with Gasteiger partial charge in [-0.25, -0.2) is 13.2 Å². The molecule has 198 valence electrons. The molecule has 0 saturated heterocycles. The molecule has 0 spiro atoms. The van der Waals surface area contributed by atoms with Gasteiger partial charge in [0.1, 0.15) is 5.69 Å². The maximum atomic E-state index is 12.8. The fourth-order valence-corrected chi connectivity index (χ4v) is 5.25. The number of halogens is 3. The number of hydrogen-bond acceptors (Lipinski definition) is 10. The van der Waals surface area contributed by atoms with Crippen molar-refractivity contribution in [2.75, 3.05) is 35.1 Å². The molecule has 1 N–H and O–H groups in total. The summed E-state index contributed by atoms with van der Waals surface area (Å²) in [5, 5.41) is 15.3. The van der Waals surface area contributed by atoms with E-state index < -0.39 is 27.9 Å². The third-order valence-corrected chi connectivity index (χ3v) is 7.20. The van der Waals surface area contributed by atoms with E-state index in [1.807, 2.05) is 4.72 Å². The Morgan fingerprint density at radius 2 is 2.00 bits per heavy atom. The second-order valence-corrected chi connectivity index (χ2v) is 10.8. The van der Waals surface area contributed by atoms with E-state index in [1.165, 1.54) is 6.07 Å². The van der Waals surface area contributed by atoms with Gasteiger partial charge in [0.25, 0.3) is 5.13 Å². The van der Waals surface area contributed by atoms with Crippen molar-refractivity contribution in [1.29, 1.82) is 0 Å². The maximum Gasteiger partial charge on any atom is 0.404 e. The number of alkyl halides is 3. The number of azo groups is 1. The van der Waals surface area contributed by atoms with Crippen LogP contribution in [0.4, 0.5) is 35.4 Å². The summed E-state index contributed by atoms with van der Waals surface area (Å²) in [6.45, 7) is 5.39. The highest BCUT2D eigenvalue weighted by Gasteiger charge is 2.35. The zero-order chi connectivity index (χ0) is 26.3. The number of rotatable bonds is 11. The lowest BCUT2D eigenvalue weighted by Gasteiger charge is -2.32. The molecule has 0 atom stereocenters. The largest absolute Gasteiger partial charge is 0.461 e. The van der Waals surface area contributed by atoms with Crippen molar-refractivity contribution < 1.29 is 31.1 Å².